The molecule has 0 aliphatic heterocycles. The molecular weight excluding hydrogens is 818 g/mol. The van der Waals surface area contributed by atoms with Gasteiger partial charge in [0, 0.05) is 17.8 Å². The number of aliphatic hydroxyl groups is 2. The van der Waals surface area contributed by atoms with Crippen molar-refractivity contribution in [1.82, 2.24) is 0 Å². The van der Waals surface area contributed by atoms with Crippen molar-refractivity contribution in [3.63, 3.8) is 0 Å². The number of esters is 2. The Labute approximate surface area is 341 Å². The molecule has 0 spiro atoms. The quantitative estimate of drug-likeness (QED) is 0.0199. The predicted molar refractivity (Wildman–Crippen MR) is 207 cm³/mol. The summed E-state index contributed by atoms with van der Waals surface area (Å²) < 4.78 is 92.3. The van der Waals surface area contributed by atoms with Crippen LogP contribution in [0.5, 0.6) is 23.0 Å². The molecule has 0 radical (unpaired) electrons. The first kappa shape index (κ1) is 44.7. The molecule has 0 aliphatic rings. The lowest BCUT2D eigenvalue weighted by Gasteiger charge is -2.29. The molecule has 5 aromatic carbocycles. The van der Waals surface area contributed by atoms with Crippen molar-refractivity contribution < 1.29 is 74.7 Å². The minimum Gasteiger partial charge on any atom is -0.423 e. The topological polar surface area (TPSA) is 198 Å². The summed E-state index contributed by atoms with van der Waals surface area (Å²) in [7, 11) is 0. The molecule has 1 atom stereocenters. The molecule has 0 heterocycles. The van der Waals surface area contributed by atoms with Crippen molar-refractivity contribution in [1.29, 1.82) is 0 Å². The third-order valence-electron chi connectivity index (χ3n) is 8.37. The summed E-state index contributed by atoms with van der Waals surface area (Å²) in [4.78, 5) is 51.7. The second-order valence-electron chi connectivity index (χ2n) is 13.0. The van der Waals surface area contributed by atoms with Crippen molar-refractivity contribution in [2.75, 3.05) is 11.5 Å². The number of ether oxygens (including phenoxy) is 4. The van der Waals surface area contributed by atoms with Gasteiger partial charge in [0.25, 0.3) is 0 Å². The van der Waals surface area contributed by atoms with Gasteiger partial charge < -0.3 is 40.6 Å². The van der Waals surface area contributed by atoms with Crippen LogP contribution in [0.2, 0.25) is 0 Å². The van der Waals surface area contributed by atoms with E-state index in [1.165, 1.54) is 78.9 Å². The number of rotatable bonds is 15. The second-order valence-corrected chi connectivity index (χ2v) is 13.0. The second kappa shape index (κ2) is 18.6. The molecule has 0 amide bonds. The fraction of sp³-hybridized carbons (Fsp3) is 0.116. The third-order valence-corrected chi connectivity index (χ3v) is 8.37. The Hall–Kier alpha value is -7.44. The minimum atomic E-state index is -4.90. The highest BCUT2D eigenvalue weighted by Crippen LogP contribution is 2.35. The lowest BCUT2D eigenvalue weighted by Crippen LogP contribution is -2.44. The molecule has 0 aliphatic carbocycles. The molecule has 6 N–H and O–H groups in total. The van der Waals surface area contributed by atoms with E-state index in [2.05, 4.69) is 9.47 Å². The normalized spacial score (nSPS) is 12.5. The summed E-state index contributed by atoms with van der Waals surface area (Å²) in [6.07, 6.45) is -5.87. The molecule has 0 saturated heterocycles. The SMILES string of the molecule is Nc1cc(N)cc(C(CC(=O)C=Cc2ccc(C(=O)Oc3ccc(OC(F)(F)F)cc3)cc2)C(O)(O)C(=O)C=Cc2ccc(C(=O)Oc3ccc(OC(F)(F)F)cc3)cc2)c1. The van der Waals surface area contributed by atoms with Crippen LogP contribution in [0.1, 0.15) is 49.7 Å². The summed E-state index contributed by atoms with van der Waals surface area (Å²) in [5.41, 5.74) is 13.0. The molecular formula is C43H32F6N2O10. The number of alkyl halides is 6. The number of halogens is 6. The molecule has 61 heavy (non-hydrogen) atoms. The molecule has 12 nitrogen and oxygen atoms in total. The number of hydrogen-bond acceptors (Lipinski definition) is 12. The van der Waals surface area contributed by atoms with Crippen molar-refractivity contribution in [3.8, 4) is 23.0 Å². The first-order chi connectivity index (χ1) is 28.6. The highest BCUT2D eigenvalue weighted by atomic mass is 19.4. The van der Waals surface area contributed by atoms with Gasteiger partial charge in [0.15, 0.2) is 5.78 Å². The zero-order valence-electron chi connectivity index (χ0n) is 31.1. The molecule has 5 aromatic rings. The maximum absolute atomic E-state index is 13.3. The number of carbonyl (C=O) groups is 4. The summed E-state index contributed by atoms with van der Waals surface area (Å²) >= 11 is 0. The fourth-order valence-corrected chi connectivity index (χ4v) is 5.53. The average Bonchev–Trinajstić information content (AvgIpc) is 3.18. The minimum absolute atomic E-state index is 0.0350. The van der Waals surface area contributed by atoms with Crippen molar-refractivity contribution in [3.05, 3.63) is 155 Å². The number of allylic oxidation sites excluding steroid dienone is 1. The molecule has 18 heteroatoms. The van der Waals surface area contributed by atoms with Gasteiger partial charge in [-0.1, -0.05) is 36.4 Å². The Morgan fingerprint density at radius 2 is 0.934 bits per heavy atom. The van der Waals surface area contributed by atoms with Crippen molar-refractivity contribution in [2.24, 2.45) is 0 Å². The number of hydrogen-bond donors (Lipinski definition) is 4. The van der Waals surface area contributed by atoms with Gasteiger partial charge in [-0.15, -0.1) is 26.3 Å². The summed E-state index contributed by atoms with van der Waals surface area (Å²) in [5.74, 6) is -9.47. The van der Waals surface area contributed by atoms with E-state index in [0.29, 0.717) is 11.1 Å². The average molecular weight is 851 g/mol. The first-order valence-corrected chi connectivity index (χ1v) is 17.5. The van der Waals surface area contributed by atoms with E-state index in [0.717, 1.165) is 60.7 Å². The Balaban J connectivity index is 1.23. The molecule has 0 fully saturated rings. The van der Waals surface area contributed by atoms with Gasteiger partial charge in [-0.05, 0) is 120 Å². The van der Waals surface area contributed by atoms with Gasteiger partial charge in [-0.2, -0.15) is 0 Å². The number of benzene rings is 5. The summed E-state index contributed by atoms with van der Waals surface area (Å²) in [5, 5.41) is 22.5. The lowest BCUT2D eigenvalue weighted by atomic mass is 9.83. The van der Waals surface area contributed by atoms with Crippen LogP contribution in [-0.2, 0) is 9.59 Å². The van der Waals surface area contributed by atoms with Crippen LogP contribution in [0.3, 0.4) is 0 Å². The van der Waals surface area contributed by atoms with Crippen LogP contribution < -0.4 is 30.4 Å². The van der Waals surface area contributed by atoms with Crippen molar-refractivity contribution >= 4 is 47.0 Å². The molecule has 1 unspecified atom stereocenters. The van der Waals surface area contributed by atoms with E-state index in [1.54, 1.807) is 0 Å². The van der Waals surface area contributed by atoms with E-state index in [-0.39, 0.29) is 39.6 Å². The highest BCUT2D eigenvalue weighted by molar-refractivity contribution is 6.01. The standard InChI is InChI=1S/C43H32F6N2O10/c44-42(45,46)60-35-16-12-33(13-17-35)58-39(54)27-7-1-25(2-8-27)5-11-32(52)24-37(29-21-30(50)23-31(51)22-29)41(56,57)38(53)20-6-26-3-9-28(10-4-26)40(55)59-34-14-18-36(19-15-34)61-43(47,48)49/h1-23,37,56-57H,24,50-51H2. The largest absolute Gasteiger partial charge is 0.573 e. The number of anilines is 2. The van der Waals surface area contributed by atoms with Gasteiger partial charge in [0.2, 0.25) is 11.6 Å². The van der Waals surface area contributed by atoms with Crippen LogP contribution in [-0.4, -0.2) is 52.2 Å². The number of carbonyl (C=O) groups excluding carboxylic acids is 4. The predicted octanol–water partition coefficient (Wildman–Crippen LogP) is 7.81. The van der Waals surface area contributed by atoms with E-state index in [9.17, 15) is 55.7 Å². The van der Waals surface area contributed by atoms with E-state index in [4.69, 9.17) is 20.9 Å². The zero-order chi connectivity index (χ0) is 44.5. The lowest BCUT2D eigenvalue weighted by molar-refractivity contribution is -0.275. The number of nitrogens with two attached hydrogens (primary N) is 2. The molecule has 316 valence electrons. The maximum atomic E-state index is 13.3. The summed E-state index contributed by atoms with van der Waals surface area (Å²) in [6, 6.07) is 23.4. The first-order valence-electron chi connectivity index (χ1n) is 17.5. The van der Waals surface area contributed by atoms with Crippen molar-refractivity contribution in [2.45, 2.75) is 30.9 Å². The third kappa shape index (κ3) is 13.3. The monoisotopic (exact) mass is 850 g/mol. The van der Waals surface area contributed by atoms with E-state index < -0.39 is 65.9 Å². The van der Waals surface area contributed by atoms with Gasteiger partial charge in [-0.3, -0.25) is 9.59 Å². The number of ketones is 2. The molecule has 0 saturated carbocycles. The Morgan fingerprint density at radius 1 is 0.557 bits per heavy atom. The summed E-state index contributed by atoms with van der Waals surface area (Å²) in [6.45, 7) is 0. The smallest absolute Gasteiger partial charge is 0.423 e. The highest BCUT2D eigenvalue weighted by Gasteiger charge is 2.42. The van der Waals surface area contributed by atoms with Gasteiger partial charge in [0.1, 0.15) is 23.0 Å². The molecule has 0 aromatic heterocycles. The Bertz CT molecular complexity index is 2410. The van der Waals surface area contributed by atoms with Crippen LogP contribution in [0.25, 0.3) is 12.2 Å². The Kier molecular flexibility index (Phi) is 13.7. The molecule has 0 bridgehead atoms. The van der Waals surface area contributed by atoms with E-state index >= 15 is 0 Å². The van der Waals surface area contributed by atoms with E-state index in [1.807, 2.05) is 0 Å². The Morgan fingerprint density at radius 3 is 1.33 bits per heavy atom. The van der Waals surface area contributed by atoms with Crippen LogP contribution >= 0.6 is 0 Å². The van der Waals surface area contributed by atoms with Crippen LogP contribution in [0.4, 0.5) is 37.7 Å². The van der Waals surface area contributed by atoms with Gasteiger partial charge in [-0.25, -0.2) is 9.59 Å². The molecule has 5 rings (SSSR count). The van der Waals surface area contributed by atoms with Gasteiger partial charge >= 0.3 is 24.7 Å². The zero-order valence-corrected chi connectivity index (χ0v) is 31.1. The maximum Gasteiger partial charge on any atom is 0.573 e. The van der Waals surface area contributed by atoms with Gasteiger partial charge in [0.05, 0.1) is 17.0 Å². The van der Waals surface area contributed by atoms with Crippen LogP contribution in [0.15, 0.2) is 127 Å². The number of nitrogen functional groups attached to an aromatic ring is 2. The fourth-order valence-electron chi connectivity index (χ4n) is 5.53. The van der Waals surface area contributed by atoms with Crippen LogP contribution in [0, 0.1) is 0 Å².